The van der Waals surface area contributed by atoms with Crippen LogP contribution in [-0.2, 0) is 11.3 Å². The number of hydrogen-bond donors (Lipinski definition) is 2. The first-order valence-electron chi connectivity index (χ1n) is 6.74. The fraction of sp³-hybridized carbons (Fsp3) is 0.533. The van der Waals surface area contributed by atoms with Crippen LogP contribution in [0.25, 0.3) is 0 Å². The van der Waals surface area contributed by atoms with Crippen molar-refractivity contribution in [2.45, 2.75) is 39.3 Å². The van der Waals surface area contributed by atoms with E-state index in [1.165, 1.54) is 0 Å². The summed E-state index contributed by atoms with van der Waals surface area (Å²) in [7, 11) is 1.79. The van der Waals surface area contributed by atoms with Gasteiger partial charge in [-0.15, -0.1) is 0 Å². The maximum atomic E-state index is 11.9. The lowest BCUT2D eigenvalue weighted by atomic mass is 10.2. The number of phenolic OH excluding ortho intramolecular Hbond substituents is 1. The van der Waals surface area contributed by atoms with Crippen LogP contribution in [0.1, 0.15) is 32.3 Å². The van der Waals surface area contributed by atoms with Gasteiger partial charge in [-0.2, -0.15) is 0 Å². The SMILES string of the molecule is CC(C)NCCCC(=O)N(C)Cc1cccc(O)c1. The average Bonchev–Trinajstić information content (AvgIpc) is 2.34. The molecule has 0 aliphatic rings. The zero-order valence-electron chi connectivity index (χ0n) is 12.0. The fourth-order valence-corrected chi connectivity index (χ4v) is 1.84. The number of hydrogen-bond acceptors (Lipinski definition) is 3. The molecule has 4 nitrogen and oxygen atoms in total. The highest BCUT2D eigenvalue weighted by atomic mass is 16.3. The Bertz CT molecular complexity index is 405. The van der Waals surface area contributed by atoms with Crippen LogP contribution in [0.2, 0.25) is 0 Å². The van der Waals surface area contributed by atoms with Gasteiger partial charge < -0.3 is 15.3 Å². The van der Waals surface area contributed by atoms with Gasteiger partial charge in [0.15, 0.2) is 0 Å². The molecule has 0 aliphatic carbocycles. The third-order valence-corrected chi connectivity index (χ3v) is 2.88. The van der Waals surface area contributed by atoms with E-state index in [1.807, 2.05) is 6.07 Å². The average molecular weight is 264 g/mol. The molecule has 1 rings (SSSR count). The third kappa shape index (κ3) is 6.25. The van der Waals surface area contributed by atoms with Gasteiger partial charge in [0.2, 0.25) is 5.91 Å². The number of phenols is 1. The second-order valence-electron chi connectivity index (χ2n) is 5.13. The third-order valence-electron chi connectivity index (χ3n) is 2.88. The Kier molecular flexibility index (Phi) is 6.36. The Morgan fingerprint density at radius 2 is 2.16 bits per heavy atom. The summed E-state index contributed by atoms with van der Waals surface area (Å²) in [5, 5.41) is 12.7. The molecule has 0 saturated carbocycles. The summed E-state index contributed by atoms with van der Waals surface area (Å²) < 4.78 is 0. The summed E-state index contributed by atoms with van der Waals surface area (Å²) in [4.78, 5) is 13.6. The normalized spacial score (nSPS) is 10.7. The van der Waals surface area contributed by atoms with E-state index in [1.54, 1.807) is 30.1 Å². The van der Waals surface area contributed by atoms with Crippen molar-refractivity contribution in [3.05, 3.63) is 29.8 Å². The van der Waals surface area contributed by atoms with Gasteiger partial charge in [0.05, 0.1) is 0 Å². The number of amides is 1. The number of rotatable bonds is 7. The number of nitrogens with zero attached hydrogens (tertiary/aromatic N) is 1. The minimum absolute atomic E-state index is 0.133. The van der Waals surface area contributed by atoms with Gasteiger partial charge >= 0.3 is 0 Å². The van der Waals surface area contributed by atoms with Crippen LogP contribution in [0.4, 0.5) is 0 Å². The first-order chi connectivity index (χ1) is 8.99. The molecular weight excluding hydrogens is 240 g/mol. The number of carbonyl (C=O) groups is 1. The quantitative estimate of drug-likeness (QED) is 0.742. The second-order valence-corrected chi connectivity index (χ2v) is 5.13. The molecule has 1 aromatic rings. The van der Waals surface area contributed by atoms with Gasteiger partial charge in [0, 0.05) is 26.1 Å². The predicted octanol–water partition coefficient (Wildman–Crippen LogP) is 2.13. The van der Waals surface area contributed by atoms with E-state index in [2.05, 4.69) is 19.2 Å². The standard InChI is InChI=1S/C15H24N2O2/c1-12(2)16-9-5-8-15(19)17(3)11-13-6-4-7-14(18)10-13/h4,6-7,10,12,16,18H,5,8-9,11H2,1-3H3. The largest absolute Gasteiger partial charge is 0.508 e. The Balaban J connectivity index is 2.32. The molecule has 19 heavy (non-hydrogen) atoms. The Labute approximate surface area is 115 Å². The van der Waals surface area contributed by atoms with Gasteiger partial charge in [-0.3, -0.25) is 4.79 Å². The van der Waals surface area contributed by atoms with Gasteiger partial charge in [-0.05, 0) is 30.7 Å². The molecule has 0 radical (unpaired) electrons. The molecule has 0 aliphatic heterocycles. The molecule has 4 heteroatoms. The van der Waals surface area contributed by atoms with E-state index in [0.29, 0.717) is 19.0 Å². The molecule has 0 aromatic heterocycles. The monoisotopic (exact) mass is 264 g/mol. The van der Waals surface area contributed by atoms with Gasteiger partial charge in [0.1, 0.15) is 5.75 Å². The van der Waals surface area contributed by atoms with E-state index in [9.17, 15) is 9.90 Å². The van der Waals surface area contributed by atoms with E-state index < -0.39 is 0 Å². The molecule has 0 bridgehead atoms. The number of carbonyl (C=O) groups excluding carboxylic acids is 1. The van der Waals surface area contributed by atoms with E-state index in [0.717, 1.165) is 18.5 Å². The molecule has 1 amide bonds. The smallest absolute Gasteiger partial charge is 0.222 e. The summed E-state index contributed by atoms with van der Waals surface area (Å²) in [6.45, 7) is 5.58. The molecule has 0 saturated heterocycles. The molecule has 0 heterocycles. The van der Waals surface area contributed by atoms with Crippen LogP contribution < -0.4 is 5.32 Å². The lowest BCUT2D eigenvalue weighted by Crippen LogP contribution is -2.28. The second kappa shape index (κ2) is 7.79. The Morgan fingerprint density at radius 3 is 2.79 bits per heavy atom. The summed E-state index contributed by atoms with van der Waals surface area (Å²) in [5.41, 5.74) is 0.941. The summed E-state index contributed by atoms with van der Waals surface area (Å²) in [6.07, 6.45) is 1.40. The van der Waals surface area contributed by atoms with E-state index >= 15 is 0 Å². The molecule has 0 fully saturated rings. The highest BCUT2D eigenvalue weighted by Crippen LogP contribution is 2.12. The summed E-state index contributed by atoms with van der Waals surface area (Å²) >= 11 is 0. The molecule has 2 N–H and O–H groups in total. The minimum atomic E-state index is 0.133. The van der Waals surface area contributed by atoms with Crippen molar-refractivity contribution in [2.24, 2.45) is 0 Å². The summed E-state index contributed by atoms with van der Waals surface area (Å²) in [5.74, 6) is 0.369. The van der Waals surface area contributed by atoms with Gasteiger partial charge in [-0.25, -0.2) is 0 Å². The van der Waals surface area contributed by atoms with E-state index in [-0.39, 0.29) is 11.7 Å². The Hall–Kier alpha value is -1.55. The van der Waals surface area contributed by atoms with Crippen LogP contribution in [0, 0.1) is 0 Å². The van der Waals surface area contributed by atoms with Crippen LogP contribution in [0.15, 0.2) is 24.3 Å². The van der Waals surface area contributed by atoms with Crippen molar-refractivity contribution in [3.63, 3.8) is 0 Å². The molecular formula is C15H24N2O2. The van der Waals surface area contributed by atoms with Crippen molar-refractivity contribution in [1.29, 1.82) is 0 Å². The molecule has 0 atom stereocenters. The molecule has 0 spiro atoms. The van der Waals surface area contributed by atoms with Crippen molar-refractivity contribution in [2.75, 3.05) is 13.6 Å². The number of nitrogens with one attached hydrogen (secondary N) is 1. The first-order valence-corrected chi connectivity index (χ1v) is 6.74. The predicted molar refractivity (Wildman–Crippen MR) is 77.0 cm³/mol. The van der Waals surface area contributed by atoms with Crippen LogP contribution in [-0.4, -0.2) is 35.5 Å². The fourth-order valence-electron chi connectivity index (χ4n) is 1.84. The molecule has 0 unspecified atom stereocenters. The maximum absolute atomic E-state index is 11.9. The molecule has 1 aromatic carbocycles. The van der Waals surface area contributed by atoms with Crippen molar-refractivity contribution < 1.29 is 9.90 Å². The van der Waals surface area contributed by atoms with Crippen molar-refractivity contribution in [1.82, 2.24) is 10.2 Å². The number of benzene rings is 1. The van der Waals surface area contributed by atoms with Crippen LogP contribution >= 0.6 is 0 Å². The highest BCUT2D eigenvalue weighted by molar-refractivity contribution is 5.75. The van der Waals surface area contributed by atoms with Gasteiger partial charge in [-0.1, -0.05) is 26.0 Å². The van der Waals surface area contributed by atoms with Crippen LogP contribution in [0.3, 0.4) is 0 Å². The lowest BCUT2D eigenvalue weighted by molar-refractivity contribution is -0.130. The molecule has 106 valence electrons. The Morgan fingerprint density at radius 1 is 1.42 bits per heavy atom. The van der Waals surface area contributed by atoms with Crippen molar-refractivity contribution >= 4 is 5.91 Å². The van der Waals surface area contributed by atoms with Gasteiger partial charge in [0.25, 0.3) is 0 Å². The lowest BCUT2D eigenvalue weighted by Gasteiger charge is -2.17. The van der Waals surface area contributed by atoms with E-state index in [4.69, 9.17) is 0 Å². The minimum Gasteiger partial charge on any atom is -0.508 e. The zero-order chi connectivity index (χ0) is 14.3. The first kappa shape index (κ1) is 15.5. The van der Waals surface area contributed by atoms with Crippen molar-refractivity contribution in [3.8, 4) is 5.75 Å². The zero-order valence-corrected chi connectivity index (χ0v) is 12.0. The number of aromatic hydroxyl groups is 1. The highest BCUT2D eigenvalue weighted by Gasteiger charge is 2.09. The van der Waals surface area contributed by atoms with Crippen LogP contribution in [0.5, 0.6) is 5.75 Å². The topological polar surface area (TPSA) is 52.6 Å². The maximum Gasteiger partial charge on any atom is 0.222 e. The summed E-state index contributed by atoms with van der Waals surface area (Å²) in [6, 6.07) is 7.46.